The Morgan fingerprint density at radius 1 is 1.33 bits per heavy atom. The summed E-state index contributed by atoms with van der Waals surface area (Å²) in [6.45, 7) is 2.62. The van der Waals surface area contributed by atoms with E-state index in [-0.39, 0.29) is 0 Å². The summed E-state index contributed by atoms with van der Waals surface area (Å²) in [5.41, 5.74) is -0.679. The van der Waals surface area contributed by atoms with Crippen LogP contribution >= 0.6 is 0 Å². The maximum atomic E-state index is 11.0. The van der Waals surface area contributed by atoms with Crippen LogP contribution in [0.3, 0.4) is 0 Å². The van der Waals surface area contributed by atoms with Crippen molar-refractivity contribution in [3.8, 4) is 0 Å². The van der Waals surface area contributed by atoms with E-state index in [1.54, 1.807) is 6.92 Å². The fourth-order valence-corrected chi connectivity index (χ4v) is 2.15. The lowest BCUT2D eigenvalue weighted by molar-refractivity contribution is 0.0127. The van der Waals surface area contributed by atoms with E-state index in [0.717, 1.165) is 0 Å². The van der Waals surface area contributed by atoms with Crippen molar-refractivity contribution in [2.75, 3.05) is 19.3 Å². The Hall–Kier alpha value is -0.130. The van der Waals surface area contributed by atoms with Gasteiger partial charge in [-0.25, -0.2) is 12.7 Å². The average molecular weight is 193 g/mol. The molecule has 0 bridgehead atoms. The van der Waals surface area contributed by atoms with Crippen molar-refractivity contribution < 1.29 is 13.5 Å². The van der Waals surface area contributed by atoms with Crippen molar-refractivity contribution in [1.82, 2.24) is 4.31 Å². The highest BCUT2D eigenvalue weighted by atomic mass is 32.2. The molecule has 0 saturated carbocycles. The van der Waals surface area contributed by atoms with Gasteiger partial charge >= 0.3 is 0 Å². The van der Waals surface area contributed by atoms with Crippen LogP contribution in [0.25, 0.3) is 0 Å². The van der Waals surface area contributed by atoms with Gasteiger partial charge in [0.25, 0.3) is 0 Å². The predicted molar refractivity (Wildman–Crippen MR) is 46.3 cm³/mol. The van der Waals surface area contributed by atoms with Crippen molar-refractivity contribution in [2.24, 2.45) is 0 Å². The minimum Gasteiger partial charge on any atom is -0.390 e. The Balaban J connectivity index is 2.59. The second kappa shape index (κ2) is 2.97. The minimum absolute atomic E-state index is 0.436. The molecule has 5 heteroatoms. The second-order valence-corrected chi connectivity index (χ2v) is 5.64. The molecular formula is C7H15NO3S. The molecule has 0 atom stereocenters. The highest BCUT2D eigenvalue weighted by Crippen LogP contribution is 2.22. The van der Waals surface area contributed by atoms with E-state index in [4.69, 9.17) is 0 Å². The van der Waals surface area contributed by atoms with Gasteiger partial charge in [-0.2, -0.15) is 0 Å². The molecule has 0 amide bonds. The van der Waals surface area contributed by atoms with Crippen LogP contribution in [0.2, 0.25) is 0 Å². The van der Waals surface area contributed by atoms with Crippen LogP contribution in [-0.4, -0.2) is 42.8 Å². The molecule has 0 spiro atoms. The number of nitrogens with zero attached hydrogens (tertiary/aromatic N) is 1. The molecule has 1 aliphatic heterocycles. The van der Waals surface area contributed by atoms with E-state index < -0.39 is 15.6 Å². The molecule has 1 saturated heterocycles. The summed E-state index contributed by atoms with van der Waals surface area (Å²) in [7, 11) is -3.05. The van der Waals surface area contributed by atoms with Crippen LogP contribution in [0.1, 0.15) is 19.8 Å². The van der Waals surface area contributed by atoms with E-state index in [2.05, 4.69) is 0 Å². The monoisotopic (exact) mass is 193 g/mol. The molecular weight excluding hydrogens is 178 g/mol. The van der Waals surface area contributed by atoms with Crippen LogP contribution in [0, 0.1) is 0 Å². The first-order chi connectivity index (χ1) is 5.31. The highest BCUT2D eigenvalue weighted by Gasteiger charge is 2.30. The smallest absolute Gasteiger partial charge is 0.211 e. The first-order valence-electron chi connectivity index (χ1n) is 3.99. The molecule has 12 heavy (non-hydrogen) atoms. The Bertz CT molecular complexity index is 248. The lowest BCUT2D eigenvalue weighted by Gasteiger charge is -2.34. The van der Waals surface area contributed by atoms with Gasteiger partial charge in [-0.15, -0.1) is 0 Å². The van der Waals surface area contributed by atoms with E-state index in [9.17, 15) is 13.5 Å². The van der Waals surface area contributed by atoms with Gasteiger partial charge in [0.1, 0.15) is 0 Å². The molecule has 0 aromatic rings. The normalized spacial score (nSPS) is 25.6. The van der Waals surface area contributed by atoms with Crippen molar-refractivity contribution in [3.63, 3.8) is 0 Å². The summed E-state index contributed by atoms with van der Waals surface area (Å²) in [5.74, 6) is 0. The average Bonchev–Trinajstić information content (AvgIpc) is 1.83. The number of piperidine rings is 1. The number of hydrogen-bond acceptors (Lipinski definition) is 3. The summed E-state index contributed by atoms with van der Waals surface area (Å²) in [5, 5.41) is 9.54. The number of aliphatic hydroxyl groups is 1. The van der Waals surface area contributed by atoms with Gasteiger partial charge in [-0.3, -0.25) is 0 Å². The first kappa shape index (κ1) is 9.95. The van der Waals surface area contributed by atoms with Gasteiger partial charge in [0.05, 0.1) is 11.9 Å². The number of hydrogen-bond donors (Lipinski definition) is 1. The molecule has 1 rings (SSSR count). The molecule has 0 aromatic heterocycles. The summed E-state index contributed by atoms with van der Waals surface area (Å²) >= 11 is 0. The minimum atomic E-state index is -3.05. The number of rotatable bonds is 1. The van der Waals surface area contributed by atoms with Crippen LogP contribution in [0.5, 0.6) is 0 Å². The maximum Gasteiger partial charge on any atom is 0.211 e. The molecule has 1 fully saturated rings. The van der Waals surface area contributed by atoms with Gasteiger partial charge in [-0.05, 0) is 19.8 Å². The van der Waals surface area contributed by atoms with Gasteiger partial charge in [0.2, 0.25) is 10.0 Å². The van der Waals surface area contributed by atoms with Crippen LogP contribution < -0.4 is 0 Å². The van der Waals surface area contributed by atoms with E-state index in [1.165, 1.54) is 10.6 Å². The molecule has 0 unspecified atom stereocenters. The predicted octanol–water partition coefficient (Wildman–Crippen LogP) is -0.207. The summed E-state index contributed by atoms with van der Waals surface area (Å²) in [6, 6.07) is 0. The molecule has 1 heterocycles. The second-order valence-electron chi connectivity index (χ2n) is 3.66. The molecule has 1 aliphatic rings. The summed E-state index contributed by atoms with van der Waals surface area (Å²) in [6.07, 6.45) is 2.26. The third kappa shape index (κ3) is 2.43. The van der Waals surface area contributed by atoms with Crippen molar-refractivity contribution in [1.29, 1.82) is 0 Å². The summed E-state index contributed by atoms with van der Waals surface area (Å²) < 4.78 is 23.5. The Labute approximate surface area is 73.2 Å². The quantitative estimate of drug-likeness (QED) is 0.627. The fraction of sp³-hybridized carbons (Fsp3) is 1.00. The topological polar surface area (TPSA) is 57.6 Å². The van der Waals surface area contributed by atoms with E-state index in [0.29, 0.717) is 25.9 Å². The van der Waals surface area contributed by atoms with Crippen LogP contribution in [0.4, 0.5) is 0 Å². The molecule has 1 N–H and O–H groups in total. The van der Waals surface area contributed by atoms with Gasteiger partial charge in [0.15, 0.2) is 0 Å². The molecule has 4 nitrogen and oxygen atoms in total. The van der Waals surface area contributed by atoms with Gasteiger partial charge in [-0.1, -0.05) is 0 Å². The zero-order valence-electron chi connectivity index (χ0n) is 7.45. The van der Waals surface area contributed by atoms with Crippen molar-refractivity contribution >= 4 is 10.0 Å². The standard InChI is InChI=1S/C7H15NO3S/c1-7(9)3-5-8(6-4-7)12(2,10)11/h9H,3-6H2,1-2H3. The summed E-state index contributed by atoms with van der Waals surface area (Å²) in [4.78, 5) is 0. The first-order valence-corrected chi connectivity index (χ1v) is 5.84. The zero-order chi connectivity index (χ0) is 9.41. The Morgan fingerprint density at radius 3 is 2.08 bits per heavy atom. The maximum absolute atomic E-state index is 11.0. The number of sulfonamides is 1. The SMILES string of the molecule is CC1(O)CCN(S(C)(=O)=O)CC1. The third-order valence-electron chi connectivity index (χ3n) is 2.27. The molecule has 0 aliphatic carbocycles. The van der Waals surface area contributed by atoms with E-state index >= 15 is 0 Å². The molecule has 0 radical (unpaired) electrons. The van der Waals surface area contributed by atoms with Crippen LogP contribution in [-0.2, 0) is 10.0 Å². The van der Waals surface area contributed by atoms with Crippen LogP contribution in [0.15, 0.2) is 0 Å². The lowest BCUT2D eigenvalue weighted by Crippen LogP contribution is -2.44. The van der Waals surface area contributed by atoms with Gasteiger partial charge in [0, 0.05) is 13.1 Å². The zero-order valence-corrected chi connectivity index (χ0v) is 8.26. The fourth-order valence-electron chi connectivity index (χ4n) is 1.30. The molecule has 72 valence electrons. The van der Waals surface area contributed by atoms with Crippen molar-refractivity contribution in [3.05, 3.63) is 0 Å². The largest absolute Gasteiger partial charge is 0.390 e. The lowest BCUT2D eigenvalue weighted by atomic mass is 9.95. The molecule has 0 aromatic carbocycles. The van der Waals surface area contributed by atoms with Gasteiger partial charge < -0.3 is 5.11 Å². The Morgan fingerprint density at radius 2 is 1.75 bits per heavy atom. The van der Waals surface area contributed by atoms with Crippen molar-refractivity contribution in [2.45, 2.75) is 25.4 Å². The van der Waals surface area contributed by atoms with E-state index in [1.807, 2.05) is 0 Å². The Kier molecular flexibility index (Phi) is 2.47. The highest BCUT2D eigenvalue weighted by molar-refractivity contribution is 7.88. The third-order valence-corrected chi connectivity index (χ3v) is 3.57.